The number of nitrogens with one attached hydrogen (secondary N) is 1. The zero-order valence-corrected chi connectivity index (χ0v) is 35.0. The van der Waals surface area contributed by atoms with E-state index in [0.717, 1.165) is 38.5 Å². The lowest BCUT2D eigenvalue weighted by molar-refractivity contribution is -0.870. The number of hydrogen-bond donors (Lipinski definition) is 2. The maximum atomic E-state index is 12.8. The summed E-state index contributed by atoms with van der Waals surface area (Å²) < 4.78 is 23.1. The predicted octanol–water partition coefficient (Wildman–Crippen LogP) is 10.7. The lowest BCUT2D eigenvalue weighted by Crippen LogP contribution is -2.45. The number of allylic oxidation sites excluding steroid dienone is 3. The lowest BCUT2D eigenvalue weighted by atomic mass is 10.0. The fourth-order valence-electron chi connectivity index (χ4n) is 5.99. The van der Waals surface area contributed by atoms with E-state index in [1.54, 1.807) is 6.08 Å². The van der Waals surface area contributed by atoms with E-state index in [4.69, 9.17) is 9.05 Å². The SMILES string of the molecule is CCCCCCCCC/C=C/CC/C=C/[C@@H](O)[C@H](COP(=O)([O-])OCC[N+](C)(C)C)NC(=O)CCCCCCCCCCCCCCCCCC. The van der Waals surface area contributed by atoms with Gasteiger partial charge in [-0.3, -0.25) is 9.36 Å². The first-order valence-corrected chi connectivity index (χ1v) is 22.7. The average molecular weight is 743 g/mol. The van der Waals surface area contributed by atoms with Gasteiger partial charge in [-0.2, -0.15) is 0 Å². The van der Waals surface area contributed by atoms with Crippen molar-refractivity contribution < 1.29 is 32.9 Å². The van der Waals surface area contributed by atoms with Gasteiger partial charge >= 0.3 is 0 Å². The van der Waals surface area contributed by atoms with Gasteiger partial charge in [-0.1, -0.05) is 173 Å². The van der Waals surface area contributed by atoms with Crippen molar-refractivity contribution in [2.45, 2.75) is 199 Å². The number of unbranched alkanes of at least 4 members (excludes halogenated alkanes) is 23. The molecule has 0 saturated carbocycles. The normalized spacial score (nSPS) is 14.7. The Bertz CT molecular complexity index is 891. The highest BCUT2D eigenvalue weighted by Crippen LogP contribution is 2.38. The Kier molecular flexibility index (Phi) is 34.0. The van der Waals surface area contributed by atoms with Crippen molar-refractivity contribution in [1.82, 2.24) is 5.32 Å². The minimum absolute atomic E-state index is 0.00447. The van der Waals surface area contributed by atoms with Crippen molar-refractivity contribution in [3.05, 3.63) is 24.3 Å². The van der Waals surface area contributed by atoms with E-state index in [1.165, 1.54) is 128 Å². The number of carbonyl (C=O) groups is 1. The summed E-state index contributed by atoms with van der Waals surface area (Å²) in [6.07, 6.45) is 39.3. The van der Waals surface area contributed by atoms with E-state index in [0.29, 0.717) is 17.4 Å². The molecule has 9 heteroatoms. The zero-order valence-electron chi connectivity index (χ0n) is 34.1. The van der Waals surface area contributed by atoms with Crippen molar-refractivity contribution in [2.24, 2.45) is 0 Å². The van der Waals surface area contributed by atoms with Crippen molar-refractivity contribution in [2.75, 3.05) is 40.9 Å². The number of hydrogen-bond acceptors (Lipinski definition) is 6. The molecule has 3 atom stereocenters. The number of likely N-dealkylation sites (N-methyl/N-ethyl adjacent to an activating group) is 1. The summed E-state index contributed by atoms with van der Waals surface area (Å²) >= 11 is 0. The highest BCUT2D eigenvalue weighted by Gasteiger charge is 2.23. The third-order valence-corrected chi connectivity index (χ3v) is 10.4. The van der Waals surface area contributed by atoms with Gasteiger partial charge in [0.15, 0.2) is 0 Å². The molecule has 0 heterocycles. The van der Waals surface area contributed by atoms with Gasteiger partial charge in [-0.25, -0.2) is 0 Å². The third-order valence-electron chi connectivity index (χ3n) is 9.41. The lowest BCUT2D eigenvalue weighted by Gasteiger charge is -2.29. The average Bonchev–Trinajstić information content (AvgIpc) is 3.07. The van der Waals surface area contributed by atoms with E-state index in [2.05, 4.69) is 31.3 Å². The summed E-state index contributed by atoms with van der Waals surface area (Å²) in [7, 11) is 1.25. The first-order chi connectivity index (χ1) is 24.5. The monoisotopic (exact) mass is 743 g/mol. The summed E-state index contributed by atoms with van der Waals surface area (Å²) in [6.45, 7) is 4.61. The molecule has 0 aliphatic carbocycles. The van der Waals surface area contributed by atoms with Crippen LogP contribution in [0.4, 0.5) is 0 Å². The first kappa shape index (κ1) is 50.0. The van der Waals surface area contributed by atoms with Gasteiger partial charge in [0.1, 0.15) is 13.2 Å². The molecule has 1 amide bonds. The van der Waals surface area contributed by atoms with Gasteiger partial charge in [0.25, 0.3) is 7.82 Å². The molecule has 0 aliphatic heterocycles. The molecule has 2 N–H and O–H groups in total. The van der Waals surface area contributed by atoms with Crippen molar-refractivity contribution in [1.29, 1.82) is 0 Å². The number of amides is 1. The van der Waals surface area contributed by atoms with Crippen LogP contribution in [-0.2, 0) is 18.4 Å². The molecule has 51 heavy (non-hydrogen) atoms. The third kappa shape index (κ3) is 37.1. The molecule has 0 saturated heterocycles. The molecule has 0 aromatic carbocycles. The van der Waals surface area contributed by atoms with Gasteiger partial charge in [0, 0.05) is 6.42 Å². The molecule has 0 aromatic heterocycles. The number of nitrogens with zero attached hydrogens (tertiary/aromatic N) is 1. The molecule has 8 nitrogen and oxygen atoms in total. The highest BCUT2D eigenvalue weighted by atomic mass is 31.2. The molecule has 0 aromatic rings. The second kappa shape index (κ2) is 34.7. The van der Waals surface area contributed by atoms with Crippen molar-refractivity contribution >= 4 is 13.7 Å². The number of phosphoric acid groups is 1. The quantitative estimate of drug-likeness (QED) is 0.0282. The number of phosphoric ester groups is 1. The van der Waals surface area contributed by atoms with Crippen LogP contribution in [0.25, 0.3) is 0 Å². The molecule has 0 fully saturated rings. The van der Waals surface area contributed by atoms with Crippen molar-refractivity contribution in [3.63, 3.8) is 0 Å². The fraction of sp³-hybridized carbons (Fsp3) is 0.881. The Balaban J connectivity index is 4.47. The standard InChI is InChI=1S/C42H83N2O6P/c1-6-8-10-12-14-16-18-20-21-22-24-26-28-30-32-34-36-42(46)43-40(39-50-51(47,48)49-38-37-44(3,4)5)41(45)35-33-31-29-27-25-23-19-17-15-13-11-9-7-2/h25,27,33,35,40-41,45H,6-24,26,28-32,34,36-39H2,1-5H3,(H-,43,46,47,48)/b27-25+,35-33+/t40-,41+/m0/s1. The Morgan fingerprint density at radius 3 is 1.59 bits per heavy atom. The Morgan fingerprint density at radius 1 is 0.667 bits per heavy atom. The van der Waals surface area contributed by atoms with Gasteiger partial charge in [-0.15, -0.1) is 0 Å². The van der Waals surface area contributed by atoms with E-state index in [9.17, 15) is 19.4 Å². The summed E-state index contributed by atoms with van der Waals surface area (Å²) in [6, 6.07) is -0.896. The molecule has 0 spiro atoms. The molecule has 302 valence electrons. The van der Waals surface area contributed by atoms with Crippen LogP contribution in [0.15, 0.2) is 24.3 Å². The smallest absolute Gasteiger partial charge is 0.268 e. The molecule has 0 aliphatic rings. The van der Waals surface area contributed by atoms with Crippen molar-refractivity contribution in [3.8, 4) is 0 Å². The summed E-state index contributed by atoms with van der Waals surface area (Å²) in [4.78, 5) is 25.2. The molecular formula is C42H83N2O6P. The topological polar surface area (TPSA) is 108 Å². The van der Waals surface area contributed by atoms with Gasteiger partial charge in [0.05, 0.1) is 39.9 Å². The predicted molar refractivity (Wildman–Crippen MR) is 215 cm³/mol. The van der Waals surface area contributed by atoms with Gasteiger partial charge in [-0.05, 0) is 32.1 Å². The maximum Gasteiger partial charge on any atom is 0.268 e. The number of rotatable bonds is 38. The Labute approximate surface area is 315 Å². The first-order valence-electron chi connectivity index (χ1n) is 21.2. The van der Waals surface area contributed by atoms with Crippen LogP contribution in [-0.4, -0.2) is 68.5 Å². The highest BCUT2D eigenvalue weighted by molar-refractivity contribution is 7.45. The van der Waals surface area contributed by atoms with Gasteiger partial charge < -0.3 is 28.8 Å². The Hall–Kier alpha value is -1.02. The zero-order chi connectivity index (χ0) is 37.9. The number of aliphatic hydroxyl groups excluding tert-OH is 1. The number of carbonyl (C=O) groups excluding carboxylic acids is 1. The maximum absolute atomic E-state index is 12.8. The van der Waals surface area contributed by atoms with Crippen LogP contribution in [0, 0.1) is 0 Å². The second-order valence-corrected chi connectivity index (χ2v) is 17.1. The number of quaternary nitrogens is 1. The largest absolute Gasteiger partial charge is 0.756 e. The fourth-order valence-corrected chi connectivity index (χ4v) is 6.71. The van der Waals surface area contributed by atoms with Crippen LogP contribution in [0.5, 0.6) is 0 Å². The minimum atomic E-state index is -4.59. The minimum Gasteiger partial charge on any atom is -0.756 e. The summed E-state index contributed by atoms with van der Waals surface area (Å²) in [5.41, 5.74) is 0. The molecule has 0 radical (unpaired) electrons. The van der Waals surface area contributed by atoms with Crippen LogP contribution >= 0.6 is 7.82 Å². The molecule has 1 unspecified atom stereocenters. The van der Waals surface area contributed by atoms with E-state index in [1.807, 2.05) is 27.2 Å². The van der Waals surface area contributed by atoms with Crippen LogP contribution in [0.1, 0.15) is 187 Å². The van der Waals surface area contributed by atoms with Gasteiger partial charge in [0.2, 0.25) is 5.91 Å². The Morgan fingerprint density at radius 2 is 1.10 bits per heavy atom. The molecule has 0 rings (SSSR count). The van der Waals surface area contributed by atoms with E-state index in [-0.39, 0.29) is 19.1 Å². The summed E-state index contributed by atoms with van der Waals surface area (Å²) in [5.74, 6) is -0.207. The molecule has 0 bridgehead atoms. The van der Waals surface area contributed by atoms with E-state index < -0.39 is 20.0 Å². The van der Waals surface area contributed by atoms with Crippen LogP contribution in [0.3, 0.4) is 0 Å². The van der Waals surface area contributed by atoms with Crippen LogP contribution < -0.4 is 10.2 Å². The second-order valence-electron chi connectivity index (χ2n) is 15.7. The van der Waals surface area contributed by atoms with E-state index >= 15 is 0 Å². The summed E-state index contributed by atoms with van der Waals surface area (Å²) in [5, 5.41) is 13.7. The number of aliphatic hydroxyl groups is 1. The van der Waals surface area contributed by atoms with Crippen LogP contribution in [0.2, 0.25) is 0 Å². The molecular weight excluding hydrogens is 659 g/mol.